The molecule has 2 aliphatic rings. The smallest absolute Gasteiger partial charge is 0.410 e. The number of ether oxygens (including phenoxy) is 1. The monoisotopic (exact) mass is 394 g/mol. The maximum Gasteiger partial charge on any atom is 0.410 e. The van der Waals surface area contributed by atoms with Gasteiger partial charge in [0.15, 0.2) is 9.84 Å². The molecule has 1 atom stereocenters. The average molecular weight is 394 g/mol. The Bertz CT molecular complexity index is 785. The third kappa shape index (κ3) is 5.00. The maximum absolute atomic E-state index is 12.6. The molecule has 27 heavy (non-hydrogen) atoms. The van der Waals surface area contributed by atoms with Gasteiger partial charge in [0.05, 0.1) is 4.90 Å². The van der Waals surface area contributed by atoms with E-state index >= 15 is 0 Å². The Hall–Kier alpha value is -2.09. The highest BCUT2D eigenvalue weighted by molar-refractivity contribution is 7.90. The van der Waals surface area contributed by atoms with Crippen LogP contribution in [0, 0.1) is 5.92 Å². The van der Waals surface area contributed by atoms with Gasteiger partial charge < -0.3 is 10.1 Å². The van der Waals surface area contributed by atoms with Crippen LogP contribution < -0.4 is 5.32 Å². The van der Waals surface area contributed by atoms with Gasteiger partial charge in [-0.3, -0.25) is 9.69 Å². The van der Waals surface area contributed by atoms with Crippen LogP contribution in [0.2, 0.25) is 0 Å². The number of hydrogen-bond acceptors (Lipinski definition) is 5. The lowest BCUT2D eigenvalue weighted by Crippen LogP contribution is -2.47. The van der Waals surface area contributed by atoms with Crippen LogP contribution in [0.5, 0.6) is 0 Å². The van der Waals surface area contributed by atoms with Gasteiger partial charge in [-0.25, -0.2) is 13.2 Å². The molecular formula is C19H26N2O5S. The van der Waals surface area contributed by atoms with Gasteiger partial charge in [-0.05, 0) is 36.5 Å². The number of carbonyl (C=O) groups is 2. The summed E-state index contributed by atoms with van der Waals surface area (Å²) in [5.41, 5.74) is 0.792. The molecule has 0 bridgehead atoms. The first kappa shape index (κ1) is 19.7. The Morgan fingerprint density at radius 2 is 1.85 bits per heavy atom. The zero-order valence-electron chi connectivity index (χ0n) is 15.5. The largest absolute Gasteiger partial charge is 0.447 e. The van der Waals surface area contributed by atoms with E-state index in [1.54, 1.807) is 17.0 Å². The first-order valence-corrected chi connectivity index (χ1v) is 11.2. The van der Waals surface area contributed by atoms with E-state index in [1.807, 2.05) is 0 Å². The molecule has 1 aliphatic carbocycles. The molecule has 1 aromatic carbocycles. The molecule has 148 valence electrons. The summed E-state index contributed by atoms with van der Waals surface area (Å²) in [6.07, 6.45) is 6.50. The second-order valence-corrected chi connectivity index (χ2v) is 9.40. The summed E-state index contributed by atoms with van der Waals surface area (Å²) < 4.78 is 28.1. The van der Waals surface area contributed by atoms with Gasteiger partial charge in [-0.2, -0.15) is 0 Å². The molecule has 0 spiro atoms. The first-order chi connectivity index (χ1) is 12.8. The van der Waals surface area contributed by atoms with Gasteiger partial charge >= 0.3 is 6.09 Å². The van der Waals surface area contributed by atoms with Gasteiger partial charge in [0.2, 0.25) is 5.91 Å². The molecule has 2 amide bonds. The van der Waals surface area contributed by atoms with Crippen molar-refractivity contribution >= 4 is 21.8 Å². The molecule has 1 heterocycles. The number of amides is 2. The topological polar surface area (TPSA) is 92.8 Å². The number of cyclic esters (lactones) is 1. The molecular weight excluding hydrogens is 368 g/mol. The molecule has 8 heteroatoms. The maximum atomic E-state index is 12.6. The molecule has 1 aromatic rings. The van der Waals surface area contributed by atoms with E-state index in [4.69, 9.17) is 4.74 Å². The van der Waals surface area contributed by atoms with E-state index in [0.717, 1.165) is 24.7 Å². The predicted octanol–water partition coefficient (Wildman–Crippen LogP) is 2.11. The molecule has 2 fully saturated rings. The van der Waals surface area contributed by atoms with E-state index in [0.29, 0.717) is 12.5 Å². The molecule has 0 aromatic heterocycles. The van der Waals surface area contributed by atoms with Gasteiger partial charge in [0, 0.05) is 19.3 Å². The minimum atomic E-state index is -3.24. The fraction of sp³-hybridized carbons (Fsp3) is 0.579. The van der Waals surface area contributed by atoms with Crippen LogP contribution >= 0.6 is 0 Å². The number of nitrogens with one attached hydrogen (secondary N) is 1. The molecule has 7 nitrogen and oxygen atoms in total. The van der Waals surface area contributed by atoms with Crippen LogP contribution in [0.1, 0.15) is 37.7 Å². The minimum Gasteiger partial charge on any atom is -0.447 e. The van der Waals surface area contributed by atoms with Crippen LogP contribution in [0.3, 0.4) is 0 Å². The third-order valence-corrected chi connectivity index (χ3v) is 6.40. The SMILES string of the molecule is CS(=O)(=O)c1ccc(CNC(=O)[C@@H]2COC(=O)N2CC2CCCCC2)cc1. The Labute approximate surface area is 160 Å². The van der Waals surface area contributed by atoms with Gasteiger partial charge in [0.25, 0.3) is 0 Å². The van der Waals surface area contributed by atoms with E-state index in [2.05, 4.69) is 5.32 Å². The lowest BCUT2D eigenvalue weighted by Gasteiger charge is -2.28. The second kappa shape index (κ2) is 8.29. The average Bonchev–Trinajstić information content (AvgIpc) is 3.01. The molecule has 0 radical (unpaired) electrons. The van der Waals surface area contributed by atoms with E-state index in [-0.39, 0.29) is 24.0 Å². The molecule has 1 saturated heterocycles. The molecule has 1 saturated carbocycles. The van der Waals surface area contributed by atoms with Crippen LogP contribution in [0.15, 0.2) is 29.2 Å². The van der Waals surface area contributed by atoms with E-state index in [9.17, 15) is 18.0 Å². The van der Waals surface area contributed by atoms with Crippen molar-refractivity contribution in [2.45, 2.75) is 49.6 Å². The molecule has 1 aliphatic heterocycles. The fourth-order valence-corrected chi connectivity index (χ4v) is 4.31. The van der Waals surface area contributed by atoms with E-state index < -0.39 is 22.0 Å². The molecule has 1 N–H and O–H groups in total. The third-order valence-electron chi connectivity index (χ3n) is 5.28. The quantitative estimate of drug-likeness (QED) is 0.798. The van der Waals surface area contributed by atoms with Crippen molar-refractivity contribution in [3.05, 3.63) is 29.8 Å². The highest BCUT2D eigenvalue weighted by atomic mass is 32.2. The van der Waals surface area contributed by atoms with Crippen molar-refractivity contribution in [3.63, 3.8) is 0 Å². The first-order valence-electron chi connectivity index (χ1n) is 9.34. The highest BCUT2D eigenvalue weighted by Gasteiger charge is 2.39. The normalized spacial score (nSPS) is 21.1. The van der Waals surface area contributed by atoms with Crippen molar-refractivity contribution in [3.8, 4) is 0 Å². The fourth-order valence-electron chi connectivity index (χ4n) is 3.68. The Balaban J connectivity index is 1.56. The van der Waals surface area contributed by atoms with Crippen molar-refractivity contribution in [2.24, 2.45) is 5.92 Å². The summed E-state index contributed by atoms with van der Waals surface area (Å²) in [5.74, 6) is 0.187. The van der Waals surface area contributed by atoms with Crippen molar-refractivity contribution < 1.29 is 22.7 Å². The zero-order chi connectivity index (χ0) is 19.4. The second-order valence-electron chi connectivity index (χ2n) is 7.38. The number of benzene rings is 1. The summed E-state index contributed by atoms with van der Waals surface area (Å²) >= 11 is 0. The minimum absolute atomic E-state index is 0.0738. The van der Waals surface area contributed by atoms with Crippen molar-refractivity contribution in [2.75, 3.05) is 19.4 Å². The predicted molar refractivity (Wildman–Crippen MR) is 99.8 cm³/mol. The molecule has 0 unspecified atom stereocenters. The van der Waals surface area contributed by atoms with Crippen LogP contribution in [-0.4, -0.2) is 50.8 Å². The molecule has 3 rings (SSSR count). The summed E-state index contributed by atoms with van der Waals surface area (Å²) in [7, 11) is -3.24. The van der Waals surface area contributed by atoms with Gasteiger partial charge in [-0.15, -0.1) is 0 Å². The van der Waals surface area contributed by atoms with Gasteiger partial charge in [-0.1, -0.05) is 31.4 Å². The Morgan fingerprint density at radius 1 is 1.19 bits per heavy atom. The number of hydrogen-bond donors (Lipinski definition) is 1. The van der Waals surface area contributed by atoms with Crippen LogP contribution in [0.25, 0.3) is 0 Å². The highest BCUT2D eigenvalue weighted by Crippen LogP contribution is 2.26. The number of sulfone groups is 1. The summed E-state index contributed by atoms with van der Waals surface area (Å²) in [6.45, 7) is 0.912. The number of rotatable bonds is 6. The lowest BCUT2D eigenvalue weighted by molar-refractivity contribution is -0.125. The van der Waals surface area contributed by atoms with Crippen molar-refractivity contribution in [1.29, 1.82) is 0 Å². The number of carbonyl (C=O) groups excluding carboxylic acids is 2. The summed E-state index contributed by atoms with van der Waals surface area (Å²) in [6, 6.07) is 5.79. The summed E-state index contributed by atoms with van der Waals surface area (Å²) in [4.78, 5) is 26.4. The number of nitrogens with zero attached hydrogens (tertiary/aromatic N) is 1. The lowest BCUT2D eigenvalue weighted by atomic mass is 9.89. The standard InChI is InChI=1S/C19H26N2O5S/c1-27(24,25)16-9-7-14(8-10-16)11-20-18(22)17-13-26-19(23)21(17)12-15-5-3-2-4-6-15/h7-10,15,17H,2-6,11-13H2,1H3,(H,20,22)/t17-/m0/s1. The van der Waals surface area contributed by atoms with Crippen LogP contribution in [0.4, 0.5) is 4.79 Å². The zero-order valence-corrected chi connectivity index (χ0v) is 16.3. The Kier molecular flexibility index (Phi) is 6.04. The van der Waals surface area contributed by atoms with Crippen LogP contribution in [-0.2, 0) is 25.9 Å². The summed E-state index contributed by atoms with van der Waals surface area (Å²) in [5, 5.41) is 2.82. The van der Waals surface area contributed by atoms with Gasteiger partial charge in [0.1, 0.15) is 12.6 Å². The van der Waals surface area contributed by atoms with Crippen molar-refractivity contribution in [1.82, 2.24) is 10.2 Å². The van der Waals surface area contributed by atoms with E-state index in [1.165, 1.54) is 31.4 Å². The Morgan fingerprint density at radius 3 is 2.48 bits per heavy atom.